The monoisotopic (exact) mass is 359 g/mol. The van der Waals surface area contributed by atoms with E-state index in [0.29, 0.717) is 16.3 Å². The van der Waals surface area contributed by atoms with Gasteiger partial charge in [0, 0.05) is 16.6 Å². The van der Waals surface area contributed by atoms with Gasteiger partial charge in [-0.1, -0.05) is 6.07 Å². The van der Waals surface area contributed by atoms with Gasteiger partial charge in [0.1, 0.15) is 10.6 Å². The van der Waals surface area contributed by atoms with E-state index in [1.807, 2.05) is 6.07 Å². The van der Waals surface area contributed by atoms with Gasteiger partial charge < -0.3 is 14.8 Å². The van der Waals surface area contributed by atoms with Crippen molar-refractivity contribution in [2.24, 2.45) is 0 Å². The highest BCUT2D eigenvalue weighted by Crippen LogP contribution is 2.30. The van der Waals surface area contributed by atoms with Gasteiger partial charge in [-0.3, -0.25) is 4.79 Å². The van der Waals surface area contributed by atoms with Crippen LogP contribution in [0.1, 0.15) is 39.9 Å². The summed E-state index contributed by atoms with van der Waals surface area (Å²) in [4.78, 5) is 26.4. The Balaban J connectivity index is 1.60. The average molecular weight is 359 g/mol. The smallest absolute Gasteiger partial charge is 0.349 e. The first kappa shape index (κ1) is 17.5. The third kappa shape index (κ3) is 4.20. The van der Waals surface area contributed by atoms with Crippen molar-refractivity contribution in [3.8, 4) is 5.75 Å². The van der Waals surface area contributed by atoms with Crippen LogP contribution in [0.4, 0.5) is 5.69 Å². The number of thiophene rings is 1. The van der Waals surface area contributed by atoms with Crippen LogP contribution in [-0.4, -0.2) is 25.1 Å². The molecule has 1 atom stereocenters. The summed E-state index contributed by atoms with van der Waals surface area (Å²) in [5.41, 5.74) is 1.84. The zero-order chi connectivity index (χ0) is 17.8. The molecule has 0 bridgehead atoms. The number of hydrogen-bond acceptors (Lipinski definition) is 5. The molecule has 25 heavy (non-hydrogen) atoms. The molecular weight excluding hydrogens is 338 g/mol. The lowest BCUT2D eigenvalue weighted by atomic mass is 9.99. The molecule has 1 amide bonds. The molecule has 6 heteroatoms. The fourth-order valence-corrected chi connectivity index (χ4v) is 3.94. The molecule has 1 aromatic carbocycles. The maximum Gasteiger partial charge on any atom is 0.349 e. The Morgan fingerprint density at radius 3 is 2.76 bits per heavy atom. The number of hydrogen-bond donors (Lipinski definition) is 1. The summed E-state index contributed by atoms with van der Waals surface area (Å²) in [6.45, 7) is 1.57. The summed E-state index contributed by atoms with van der Waals surface area (Å²) in [5, 5.41) is 2.73. The lowest BCUT2D eigenvalue weighted by Crippen LogP contribution is -2.29. The summed E-state index contributed by atoms with van der Waals surface area (Å²) in [5.74, 6) is -0.165. The number of nitrogens with one attached hydrogen (secondary N) is 1. The summed E-state index contributed by atoms with van der Waals surface area (Å²) in [6.07, 6.45) is 3.50. The molecule has 1 heterocycles. The van der Waals surface area contributed by atoms with Crippen molar-refractivity contribution in [3.05, 3.63) is 45.6 Å². The molecule has 1 N–H and O–H groups in total. The minimum Gasteiger partial charge on any atom is -0.497 e. The van der Waals surface area contributed by atoms with Gasteiger partial charge in [-0.25, -0.2) is 4.79 Å². The van der Waals surface area contributed by atoms with Gasteiger partial charge in [0.15, 0.2) is 6.10 Å². The van der Waals surface area contributed by atoms with E-state index in [-0.39, 0.29) is 5.91 Å². The molecule has 1 aliphatic rings. The Hall–Kier alpha value is -2.34. The number of benzene rings is 1. The van der Waals surface area contributed by atoms with Gasteiger partial charge in [-0.15, -0.1) is 11.3 Å². The van der Waals surface area contributed by atoms with E-state index in [9.17, 15) is 9.59 Å². The summed E-state index contributed by atoms with van der Waals surface area (Å²) >= 11 is 1.48. The molecule has 0 radical (unpaired) electrons. The first-order valence-electron chi connectivity index (χ1n) is 8.34. The van der Waals surface area contributed by atoms with Crippen molar-refractivity contribution >= 4 is 28.9 Å². The van der Waals surface area contributed by atoms with E-state index in [0.717, 1.165) is 19.3 Å². The van der Waals surface area contributed by atoms with Gasteiger partial charge in [-0.05, 0) is 56.4 Å². The van der Waals surface area contributed by atoms with Crippen LogP contribution in [0.2, 0.25) is 0 Å². The molecule has 0 saturated heterocycles. The first-order valence-corrected chi connectivity index (χ1v) is 9.16. The second kappa shape index (κ2) is 7.70. The molecule has 0 saturated carbocycles. The van der Waals surface area contributed by atoms with Crippen molar-refractivity contribution in [2.45, 2.75) is 38.7 Å². The molecule has 0 fully saturated rings. The molecule has 1 aromatic heterocycles. The van der Waals surface area contributed by atoms with Crippen LogP contribution in [0.25, 0.3) is 0 Å². The zero-order valence-corrected chi connectivity index (χ0v) is 15.2. The number of esters is 1. The number of methoxy groups -OCH3 is 1. The number of carbonyl (C=O) groups is 2. The van der Waals surface area contributed by atoms with Crippen molar-refractivity contribution in [1.82, 2.24) is 0 Å². The summed E-state index contributed by atoms with van der Waals surface area (Å²) in [7, 11) is 1.56. The maximum absolute atomic E-state index is 12.3. The minimum atomic E-state index is -0.877. The summed E-state index contributed by atoms with van der Waals surface area (Å²) in [6, 6.07) is 8.94. The third-order valence-corrected chi connectivity index (χ3v) is 5.41. The summed E-state index contributed by atoms with van der Waals surface area (Å²) < 4.78 is 10.5. The van der Waals surface area contributed by atoms with Crippen LogP contribution in [0.15, 0.2) is 30.3 Å². The second-order valence-corrected chi connectivity index (χ2v) is 7.17. The van der Waals surface area contributed by atoms with E-state index in [4.69, 9.17) is 9.47 Å². The maximum atomic E-state index is 12.3. The fourth-order valence-electron chi connectivity index (χ4n) is 2.81. The molecule has 132 valence electrons. The van der Waals surface area contributed by atoms with Crippen LogP contribution in [0.3, 0.4) is 0 Å². The number of rotatable bonds is 5. The molecule has 1 unspecified atom stereocenters. The molecule has 2 aromatic rings. The van der Waals surface area contributed by atoms with E-state index in [1.165, 1.54) is 28.2 Å². The molecule has 0 aliphatic heterocycles. The Bertz CT molecular complexity index is 760. The number of anilines is 1. The first-order chi connectivity index (χ1) is 12.1. The third-order valence-electron chi connectivity index (χ3n) is 4.19. The van der Waals surface area contributed by atoms with Crippen LogP contribution in [-0.2, 0) is 22.4 Å². The fraction of sp³-hybridized carbons (Fsp3) is 0.368. The van der Waals surface area contributed by atoms with Crippen molar-refractivity contribution in [1.29, 1.82) is 0 Å². The lowest BCUT2D eigenvalue weighted by Gasteiger charge is -2.13. The molecular formula is C19H21NO4S. The van der Waals surface area contributed by atoms with Crippen molar-refractivity contribution < 1.29 is 19.1 Å². The zero-order valence-electron chi connectivity index (χ0n) is 14.3. The van der Waals surface area contributed by atoms with Crippen LogP contribution < -0.4 is 10.1 Å². The highest BCUT2D eigenvalue weighted by atomic mass is 32.1. The second-order valence-electron chi connectivity index (χ2n) is 6.03. The Labute approximate surface area is 151 Å². The predicted octanol–water partition coefficient (Wildman–Crippen LogP) is 3.82. The van der Waals surface area contributed by atoms with Crippen LogP contribution in [0, 0.1) is 0 Å². The molecule has 3 rings (SSSR count). The quantitative estimate of drug-likeness (QED) is 0.824. The van der Waals surface area contributed by atoms with Crippen LogP contribution >= 0.6 is 11.3 Å². The highest BCUT2D eigenvalue weighted by Gasteiger charge is 2.22. The van der Waals surface area contributed by atoms with Crippen molar-refractivity contribution in [3.63, 3.8) is 0 Å². The predicted molar refractivity (Wildman–Crippen MR) is 97.5 cm³/mol. The topological polar surface area (TPSA) is 64.6 Å². The van der Waals surface area contributed by atoms with E-state index >= 15 is 0 Å². The number of aryl methyl sites for hydroxylation is 2. The Morgan fingerprint density at radius 2 is 2.00 bits per heavy atom. The average Bonchev–Trinajstić information content (AvgIpc) is 3.06. The van der Waals surface area contributed by atoms with E-state index < -0.39 is 12.1 Å². The highest BCUT2D eigenvalue weighted by molar-refractivity contribution is 7.14. The molecule has 5 nitrogen and oxygen atoms in total. The lowest BCUT2D eigenvalue weighted by molar-refractivity contribution is -0.123. The van der Waals surface area contributed by atoms with Crippen LogP contribution in [0.5, 0.6) is 5.75 Å². The number of ether oxygens (including phenoxy) is 2. The normalized spacial score (nSPS) is 14.3. The standard InChI is InChI=1S/C19H21NO4S/c1-12(18(21)20-14-7-5-8-15(11-14)23-2)24-19(22)17-10-13-6-3-4-9-16(13)25-17/h5,7-8,10-12H,3-4,6,9H2,1-2H3,(H,20,21). The van der Waals surface area contributed by atoms with Gasteiger partial charge in [-0.2, -0.15) is 0 Å². The SMILES string of the molecule is COc1cccc(NC(=O)C(C)OC(=O)c2cc3c(s2)CCCC3)c1. The molecule has 0 spiro atoms. The van der Waals surface area contributed by atoms with E-state index in [2.05, 4.69) is 5.32 Å². The minimum absolute atomic E-state index is 0.372. The van der Waals surface area contributed by atoms with Gasteiger partial charge in [0.25, 0.3) is 5.91 Å². The molecule has 1 aliphatic carbocycles. The largest absolute Gasteiger partial charge is 0.497 e. The number of fused-ring (bicyclic) bond motifs is 1. The Kier molecular flexibility index (Phi) is 5.38. The van der Waals surface area contributed by atoms with Gasteiger partial charge >= 0.3 is 5.97 Å². The number of amides is 1. The van der Waals surface area contributed by atoms with Gasteiger partial charge in [0.2, 0.25) is 0 Å². The number of carbonyl (C=O) groups excluding carboxylic acids is 2. The van der Waals surface area contributed by atoms with E-state index in [1.54, 1.807) is 38.3 Å². The van der Waals surface area contributed by atoms with Crippen molar-refractivity contribution in [2.75, 3.05) is 12.4 Å². The van der Waals surface area contributed by atoms with Gasteiger partial charge in [0.05, 0.1) is 7.11 Å². The Morgan fingerprint density at radius 1 is 1.20 bits per heavy atom.